The summed E-state index contributed by atoms with van der Waals surface area (Å²) < 4.78 is 4.55. The molecule has 2 rings (SSSR count). The van der Waals surface area contributed by atoms with E-state index in [0.717, 1.165) is 6.04 Å². The van der Waals surface area contributed by atoms with Crippen molar-refractivity contribution in [3.8, 4) is 0 Å². The van der Waals surface area contributed by atoms with Crippen molar-refractivity contribution < 1.29 is 9.53 Å². The molecule has 1 N–H and O–H groups in total. The zero-order valence-corrected chi connectivity index (χ0v) is 12.8. The minimum Gasteiger partial charge on any atom is -0.462 e. The highest BCUT2D eigenvalue weighted by Crippen LogP contribution is 2.22. The molecule has 0 amide bonds. The maximum atomic E-state index is 9.60. The normalized spacial score (nSPS) is 22.3. The molecule has 4 nitrogen and oxygen atoms in total. The molecule has 2 aliphatic rings. The van der Waals surface area contributed by atoms with Crippen LogP contribution in [0.25, 0.3) is 0 Å². The lowest BCUT2D eigenvalue weighted by atomic mass is 9.94. The number of hydrogen-bond acceptors (Lipinski definition) is 4. The summed E-state index contributed by atoms with van der Waals surface area (Å²) in [5.41, 5.74) is -0.318. The lowest BCUT2D eigenvalue weighted by Gasteiger charge is -2.36. The standard InChI is InChI=1S/C10H20N2.C5H10O2/c1-2-4-10(5-3-1)12-8-6-11-7-9-12;1-5(2,3)7-4-6/h10-11H,1-9H2;4H,1-3H3. The van der Waals surface area contributed by atoms with Crippen LogP contribution in [-0.2, 0) is 9.53 Å². The Morgan fingerprint density at radius 2 is 1.68 bits per heavy atom. The zero-order valence-electron chi connectivity index (χ0n) is 12.8. The molecule has 1 aliphatic carbocycles. The van der Waals surface area contributed by atoms with Gasteiger partial charge < -0.3 is 10.1 Å². The summed E-state index contributed by atoms with van der Waals surface area (Å²) in [6.07, 6.45) is 7.33. The van der Waals surface area contributed by atoms with E-state index >= 15 is 0 Å². The summed E-state index contributed by atoms with van der Waals surface area (Å²) >= 11 is 0. The minimum absolute atomic E-state index is 0.318. The fourth-order valence-electron chi connectivity index (χ4n) is 2.64. The molecular formula is C15H30N2O2. The van der Waals surface area contributed by atoms with Crippen molar-refractivity contribution in [1.29, 1.82) is 0 Å². The first kappa shape index (κ1) is 16.4. The molecule has 0 aromatic carbocycles. The van der Waals surface area contributed by atoms with Gasteiger partial charge >= 0.3 is 0 Å². The van der Waals surface area contributed by atoms with Crippen LogP contribution in [0.2, 0.25) is 0 Å². The van der Waals surface area contributed by atoms with Crippen molar-refractivity contribution in [2.45, 2.75) is 64.5 Å². The van der Waals surface area contributed by atoms with Gasteiger partial charge in [0.15, 0.2) is 0 Å². The van der Waals surface area contributed by atoms with Crippen molar-refractivity contribution >= 4 is 6.47 Å². The first-order valence-electron chi connectivity index (χ1n) is 7.59. The third kappa shape index (κ3) is 7.53. The van der Waals surface area contributed by atoms with Crippen LogP contribution < -0.4 is 5.32 Å². The molecule has 1 saturated heterocycles. The van der Waals surface area contributed by atoms with E-state index in [9.17, 15) is 4.79 Å². The van der Waals surface area contributed by atoms with Crippen molar-refractivity contribution in [1.82, 2.24) is 10.2 Å². The average Bonchev–Trinajstić information content (AvgIpc) is 2.40. The number of carbonyl (C=O) groups excluding carboxylic acids is 1. The van der Waals surface area contributed by atoms with Crippen molar-refractivity contribution in [2.24, 2.45) is 0 Å². The van der Waals surface area contributed by atoms with E-state index in [1.807, 2.05) is 20.8 Å². The molecule has 0 aromatic rings. The van der Waals surface area contributed by atoms with Crippen molar-refractivity contribution in [3.63, 3.8) is 0 Å². The Hall–Kier alpha value is -0.610. The second kappa shape index (κ2) is 8.54. The van der Waals surface area contributed by atoms with E-state index < -0.39 is 0 Å². The van der Waals surface area contributed by atoms with Gasteiger partial charge in [-0.1, -0.05) is 19.3 Å². The Bertz CT molecular complexity index is 223. The number of hydrogen-bond donors (Lipinski definition) is 1. The van der Waals surface area contributed by atoms with Crippen LogP contribution in [0.3, 0.4) is 0 Å². The topological polar surface area (TPSA) is 41.6 Å². The fourth-order valence-corrected chi connectivity index (χ4v) is 2.64. The molecule has 0 bridgehead atoms. The van der Waals surface area contributed by atoms with Crippen molar-refractivity contribution in [3.05, 3.63) is 0 Å². The van der Waals surface area contributed by atoms with Gasteiger partial charge in [0.25, 0.3) is 6.47 Å². The summed E-state index contributed by atoms with van der Waals surface area (Å²) in [6.45, 7) is 10.9. The zero-order chi connectivity index (χ0) is 14.1. The van der Waals surface area contributed by atoms with Crippen LogP contribution in [0, 0.1) is 0 Å². The molecule has 1 aliphatic heterocycles. The summed E-state index contributed by atoms with van der Waals surface area (Å²) in [6, 6.07) is 0.931. The summed E-state index contributed by atoms with van der Waals surface area (Å²) in [5, 5.41) is 3.41. The third-order valence-electron chi connectivity index (χ3n) is 3.64. The van der Waals surface area contributed by atoms with Crippen molar-refractivity contribution in [2.75, 3.05) is 26.2 Å². The van der Waals surface area contributed by atoms with E-state index in [1.54, 1.807) is 0 Å². The fraction of sp³-hybridized carbons (Fsp3) is 0.933. The second-order valence-electron chi connectivity index (χ2n) is 6.40. The van der Waals surface area contributed by atoms with Crippen LogP contribution in [0.4, 0.5) is 0 Å². The summed E-state index contributed by atoms with van der Waals surface area (Å²) in [5.74, 6) is 0. The number of piperazine rings is 1. The molecular weight excluding hydrogens is 240 g/mol. The molecule has 1 heterocycles. The molecule has 0 spiro atoms. The average molecular weight is 270 g/mol. The van der Waals surface area contributed by atoms with Crippen LogP contribution in [-0.4, -0.2) is 49.2 Å². The number of rotatable bonds is 2. The van der Waals surface area contributed by atoms with Crippen LogP contribution in [0.15, 0.2) is 0 Å². The molecule has 19 heavy (non-hydrogen) atoms. The monoisotopic (exact) mass is 270 g/mol. The van der Waals surface area contributed by atoms with Gasteiger partial charge in [0.05, 0.1) is 0 Å². The van der Waals surface area contributed by atoms with E-state index in [1.165, 1.54) is 58.3 Å². The number of ether oxygens (including phenoxy) is 1. The highest BCUT2D eigenvalue weighted by atomic mass is 16.5. The molecule has 0 aromatic heterocycles. The minimum atomic E-state index is -0.318. The highest BCUT2D eigenvalue weighted by Gasteiger charge is 2.21. The Morgan fingerprint density at radius 3 is 2.11 bits per heavy atom. The van der Waals surface area contributed by atoms with E-state index in [0.29, 0.717) is 6.47 Å². The third-order valence-corrected chi connectivity index (χ3v) is 3.64. The van der Waals surface area contributed by atoms with Gasteiger partial charge in [-0.3, -0.25) is 9.69 Å². The van der Waals surface area contributed by atoms with Gasteiger partial charge in [-0.05, 0) is 33.6 Å². The number of nitrogens with one attached hydrogen (secondary N) is 1. The summed E-state index contributed by atoms with van der Waals surface area (Å²) in [4.78, 5) is 12.3. The summed E-state index contributed by atoms with van der Waals surface area (Å²) in [7, 11) is 0. The van der Waals surface area contributed by atoms with E-state index in [2.05, 4.69) is 15.0 Å². The predicted molar refractivity (Wildman–Crippen MR) is 78.2 cm³/mol. The Morgan fingerprint density at radius 1 is 1.11 bits per heavy atom. The molecule has 4 heteroatoms. The smallest absolute Gasteiger partial charge is 0.293 e. The molecule has 0 unspecified atom stereocenters. The number of carbonyl (C=O) groups is 1. The van der Waals surface area contributed by atoms with E-state index in [-0.39, 0.29) is 5.60 Å². The van der Waals surface area contributed by atoms with Crippen LogP contribution in [0.1, 0.15) is 52.9 Å². The van der Waals surface area contributed by atoms with Crippen LogP contribution >= 0.6 is 0 Å². The molecule has 0 atom stereocenters. The predicted octanol–water partition coefficient (Wildman–Crippen LogP) is 2.18. The Kier molecular flexibility index (Phi) is 7.39. The first-order chi connectivity index (χ1) is 9.03. The van der Waals surface area contributed by atoms with Gasteiger partial charge in [0.1, 0.15) is 5.60 Å². The number of nitrogens with zero attached hydrogens (tertiary/aromatic N) is 1. The Balaban J connectivity index is 0.000000224. The quantitative estimate of drug-likeness (QED) is 0.781. The molecule has 1 saturated carbocycles. The molecule has 112 valence electrons. The van der Waals surface area contributed by atoms with Gasteiger partial charge in [0.2, 0.25) is 0 Å². The van der Waals surface area contributed by atoms with Gasteiger partial charge in [-0.15, -0.1) is 0 Å². The van der Waals surface area contributed by atoms with Gasteiger partial charge in [-0.25, -0.2) is 0 Å². The van der Waals surface area contributed by atoms with E-state index in [4.69, 9.17) is 0 Å². The highest BCUT2D eigenvalue weighted by molar-refractivity contribution is 5.37. The second-order valence-corrected chi connectivity index (χ2v) is 6.40. The largest absolute Gasteiger partial charge is 0.462 e. The Labute approximate surface area is 117 Å². The van der Waals surface area contributed by atoms with Gasteiger partial charge in [0, 0.05) is 32.2 Å². The maximum absolute atomic E-state index is 9.60. The SMILES string of the molecule is C1CCC(N2CCNCC2)CC1.CC(C)(C)OC=O. The maximum Gasteiger partial charge on any atom is 0.293 e. The lowest BCUT2D eigenvalue weighted by Crippen LogP contribution is -2.48. The lowest BCUT2D eigenvalue weighted by molar-refractivity contribution is -0.138. The molecule has 0 radical (unpaired) electrons. The van der Waals surface area contributed by atoms with Gasteiger partial charge in [-0.2, -0.15) is 0 Å². The first-order valence-corrected chi connectivity index (χ1v) is 7.59. The molecule has 2 fully saturated rings. The van der Waals surface area contributed by atoms with Crippen LogP contribution in [0.5, 0.6) is 0 Å².